The smallest absolute Gasteiger partial charge is 0.413 e. The highest BCUT2D eigenvalue weighted by Gasteiger charge is 2.16. The molecule has 0 unspecified atom stereocenters. The van der Waals surface area contributed by atoms with Crippen LogP contribution >= 0.6 is 11.6 Å². The van der Waals surface area contributed by atoms with Crippen LogP contribution < -0.4 is 9.62 Å². The van der Waals surface area contributed by atoms with E-state index >= 15 is 0 Å². The molecular weight excluding hydrogens is 368 g/mol. The summed E-state index contributed by atoms with van der Waals surface area (Å²) in [6.45, 7) is 0. The molecule has 10 heteroatoms. The quantitative estimate of drug-likeness (QED) is 0.643. The first-order valence-corrected chi connectivity index (χ1v) is 8.87. The van der Waals surface area contributed by atoms with Gasteiger partial charge >= 0.3 is 6.09 Å². The van der Waals surface area contributed by atoms with Gasteiger partial charge in [-0.05, 0) is 42.5 Å². The molecular formula is C15H13ClN4O4S. The highest BCUT2D eigenvalue weighted by atomic mass is 35.5. The normalized spacial score (nSPS) is 11.4. The lowest BCUT2D eigenvalue weighted by molar-refractivity contribution is 0.203. The number of hydrogen-bond acceptors (Lipinski definition) is 4. The number of nitrogens with zero attached hydrogens (tertiary/aromatic N) is 2. The molecule has 130 valence electrons. The summed E-state index contributed by atoms with van der Waals surface area (Å²) in [6, 6.07) is 10.4. The summed E-state index contributed by atoms with van der Waals surface area (Å²) < 4.78 is 27.2. The molecule has 0 radical (unpaired) electrons. The van der Waals surface area contributed by atoms with Gasteiger partial charge in [0.2, 0.25) is 5.95 Å². The highest BCUT2D eigenvalue weighted by Crippen LogP contribution is 2.23. The van der Waals surface area contributed by atoms with Crippen molar-refractivity contribution >= 4 is 50.4 Å². The number of amides is 1. The van der Waals surface area contributed by atoms with E-state index in [-0.39, 0.29) is 10.8 Å². The summed E-state index contributed by atoms with van der Waals surface area (Å²) in [7, 11) is -2.42. The molecule has 3 aromatic rings. The summed E-state index contributed by atoms with van der Waals surface area (Å²) in [5.41, 5.74) is 1.33. The fourth-order valence-corrected chi connectivity index (χ4v) is 3.31. The second kappa shape index (κ2) is 6.26. The third-order valence-electron chi connectivity index (χ3n) is 3.45. The molecule has 1 heterocycles. The van der Waals surface area contributed by atoms with Crippen LogP contribution in [0.3, 0.4) is 0 Å². The number of nitrogens with one attached hydrogen (secondary N) is 2. The fraction of sp³-hybridized carbons (Fsp3) is 0.0667. The van der Waals surface area contributed by atoms with Gasteiger partial charge in [0.1, 0.15) is 0 Å². The van der Waals surface area contributed by atoms with E-state index in [4.69, 9.17) is 16.7 Å². The summed E-state index contributed by atoms with van der Waals surface area (Å²) in [5, 5.41) is 9.42. The van der Waals surface area contributed by atoms with E-state index in [0.717, 1.165) is 4.90 Å². The predicted octanol–water partition coefficient (Wildman–Crippen LogP) is 3.13. The zero-order valence-corrected chi connectivity index (χ0v) is 14.5. The Labute approximate surface area is 148 Å². The van der Waals surface area contributed by atoms with Crippen molar-refractivity contribution in [2.75, 3.05) is 16.7 Å². The number of benzene rings is 2. The van der Waals surface area contributed by atoms with E-state index in [2.05, 4.69) is 14.7 Å². The Morgan fingerprint density at radius 1 is 1.24 bits per heavy atom. The third kappa shape index (κ3) is 3.52. The van der Waals surface area contributed by atoms with Crippen molar-refractivity contribution in [3.8, 4) is 0 Å². The van der Waals surface area contributed by atoms with E-state index in [1.165, 1.54) is 37.4 Å². The minimum atomic E-state index is -3.77. The standard InChI is InChI=1S/C15H13ClN4O4S/c1-20(15(21)22)14-17-12-7-4-10(8-13(12)18-14)19-25(23,24)11-5-2-9(16)3-6-11/h2-8,19H,1H3,(H,17,18)(H,21,22). The topological polar surface area (TPSA) is 115 Å². The van der Waals surface area contributed by atoms with Gasteiger partial charge in [-0.1, -0.05) is 11.6 Å². The van der Waals surface area contributed by atoms with Crippen LogP contribution in [-0.2, 0) is 10.0 Å². The van der Waals surface area contributed by atoms with Gasteiger partial charge < -0.3 is 10.1 Å². The number of sulfonamides is 1. The number of rotatable bonds is 4. The van der Waals surface area contributed by atoms with E-state index in [0.29, 0.717) is 21.7 Å². The van der Waals surface area contributed by atoms with Gasteiger partial charge in [0.05, 0.1) is 21.6 Å². The number of hydrogen-bond donors (Lipinski definition) is 3. The van der Waals surface area contributed by atoms with Crippen LogP contribution in [-0.4, -0.2) is 36.6 Å². The minimum Gasteiger partial charge on any atom is -0.465 e. The van der Waals surface area contributed by atoms with Crippen LogP contribution in [0.1, 0.15) is 0 Å². The van der Waals surface area contributed by atoms with Gasteiger partial charge in [0.25, 0.3) is 10.0 Å². The van der Waals surface area contributed by atoms with E-state index in [1.54, 1.807) is 12.1 Å². The van der Waals surface area contributed by atoms with Crippen LogP contribution in [0, 0.1) is 0 Å². The second-order valence-electron chi connectivity index (χ2n) is 5.19. The molecule has 0 saturated carbocycles. The van der Waals surface area contributed by atoms with Crippen molar-refractivity contribution in [3.05, 3.63) is 47.5 Å². The summed E-state index contributed by atoms with van der Waals surface area (Å²) in [4.78, 5) is 19.0. The Bertz CT molecular complexity index is 1050. The monoisotopic (exact) mass is 380 g/mol. The molecule has 0 spiro atoms. The molecule has 0 saturated heterocycles. The van der Waals surface area contributed by atoms with Gasteiger partial charge in [0, 0.05) is 12.1 Å². The summed E-state index contributed by atoms with van der Waals surface area (Å²) in [5.74, 6) is 0.139. The zero-order chi connectivity index (χ0) is 18.2. The molecule has 25 heavy (non-hydrogen) atoms. The Kier molecular flexibility index (Phi) is 4.27. The highest BCUT2D eigenvalue weighted by molar-refractivity contribution is 7.92. The van der Waals surface area contributed by atoms with Crippen LogP contribution in [0.5, 0.6) is 0 Å². The molecule has 3 rings (SSSR count). The van der Waals surface area contributed by atoms with Gasteiger partial charge in [-0.2, -0.15) is 0 Å². The molecule has 0 bridgehead atoms. The van der Waals surface area contributed by atoms with Crippen molar-refractivity contribution in [1.82, 2.24) is 9.97 Å². The van der Waals surface area contributed by atoms with Crippen LogP contribution in [0.25, 0.3) is 11.0 Å². The number of fused-ring (bicyclic) bond motifs is 1. The van der Waals surface area contributed by atoms with Crippen LogP contribution in [0.4, 0.5) is 16.4 Å². The average molecular weight is 381 g/mol. The SMILES string of the molecule is CN(C(=O)O)c1nc2ccc(NS(=O)(=O)c3ccc(Cl)cc3)cc2[nH]1. The first kappa shape index (κ1) is 17.1. The molecule has 0 aliphatic heterocycles. The van der Waals surface area contributed by atoms with E-state index in [9.17, 15) is 13.2 Å². The number of carbonyl (C=O) groups is 1. The molecule has 8 nitrogen and oxygen atoms in total. The lowest BCUT2D eigenvalue weighted by atomic mass is 10.3. The second-order valence-corrected chi connectivity index (χ2v) is 7.31. The molecule has 3 N–H and O–H groups in total. The first-order valence-electron chi connectivity index (χ1n) is 7.01. The minimum absolute atomic E-state index is 0.0768. The van der Waals surface area contributed by atoms with Crippen molar-refractivity contribution in [3.63, 3.8) is 0 Å². The first-order chi connectivity index (χ1) is 11.8. The number of aromatic amines is 1. The molecule has 0 aliphatic rings. The maximum absolute atomic E-state index is 12.4. The number of H-pyrrole nitrogens is 1. The largest absolute Gasteiger partial charge is 0.465 e. The fourth-order valence-electron chi connectivity index (χ4n) is 2.14. The predicted molar refractivity (Wildman–Crippen MR) is 94.8 cm³/mol. The number of halogens is 1. The van der Waals surface area contributed by atoms with E-state index < -0.39 is 16.1 Å². The van der Waals surface area contributed by atoms with Crippen molar-refractivity contribution in [1.29, 1.82) is 0 Å². The molecule has 2 aromatic carbocycles. The summed E-state index contributed by atoms with van der Waals surface area (Å²) in [6.07, 6.45) is -1.16. The molecule has 1 amide bonds. The third-order valence-corrected chi connectivity index (χ3v) is 5.10. The van der Waals surface area contributed by atoms with E-state index in [1.807, 2.05) is 0 Å². The zero-order valence-electron chi connectivity index (χ0n) is 12.9. The summed E-state index contributed by atoms with van der Waals surface area (Å²) >= 11 is 5.77. The van der Waals surface area contributed by atoms with Crippen molar-refractivity contribution in [2.45, 2.75) is 4.90 Å². The van der Waals surface area contributed by atoms with Gasteiger partial charge in [0.15, 0.2) is 0 Å². The number of aromatic nitrogens is 2. The molecule has 1 aromatic heterocycles. The maximum atomic E-state index is 12.4. The molecule has 0 atom stereocenters. The molecule has 0 fully saturated rings. The number of carboxylic acid groups (broad SMARTS) is 1. The Morgan fingerprint density at radius 2 is 1.92 bits per heavy atom. The average Bonchev–Trinajstić information content (AvgIpc) is 2.97. The maximum Gasteiger partial charge on any atom is 0.413 e. The van der Waals surface area contributed by atoms with Crippen LogP contribution in [0.2, 0.25) is 5.02 Å². The lowest BCUT2D eigenvalue weighted by Gasteiger charge is -2.08. The Hall–Kier alpha value is -2.78. The van der Waals surface area contributed by atoms with Crippen LogP contribution in [0.15, 0.2) is 47.4 Å². The number of anilines is 2. The van der Waals surface area contributed by atoms with Gasteiger partial charge in [-0.3, -0.25) is 9.62 Å². The Balaban J connectivity index is 1.91. The molecule has 0 aliphatic carbocycles. The number of imidazole rings is 1. The Morgan fingerprint density at radius 3 is 2.56 bits per heavy atom. The van der Waals surface area contributed by atoms with Gasteiger partial charge in [-0.15, -0.1) is 0 Å². The van der Waals surface area contributed by atoms with Gasteiger partial charge in [-0.25, -0.2) is 18.2 Å². The van der Waals surface area contributed by atoms with Crippen molar-refractivity contribution < 1.29 is 18.3 Å². The van der Waals surface area contributed by atoms with Crippen molar-refractivity contribution in [2.24, 2.45) is 0 Å². The lowest BCUT2D eigenvalue weighted by Crippen LogP contribution is -2.24.